The van der Waals surface area contributed by atoms with E-state index < -0.39 is 12.1 Å². The van der Waals surface area contributed by atoms with Crippen molar-refractivity contribution in [2.24, 2.45) is 0 Å². The highest BCUT2D eigenvalue weighted by molar-refractivity contribution is 5.91. The Labute approximate surface area is 120 Å². The van der Waals surface area contributed by atoms with Crippen LogP contribution in [-0.4, -0.2) is 17.9 Å². The Bertz CT molecular complexity index is 449. The number of rotatable bonds is 8. The summed E-state index contributed by atoms with van der Waals surface area (Å²) < 4.78 is 5.20. The van der Waals surface area contributed by atoms with Gasteiger partial charge in [0.15, 0.2) is 11.9 Å². The molecule has 0 bridgehead atoms. The lowest BCUT2D eigenvalue weighted by Crippen LogP contribution is -2.25. The van der Waals surface area contributed by atoms with Crippen molar-refractivity contribution in [3.8, 4) is 0 Å². The SMILES string of the molecule is CCCCC(=O)C(CC)OC(=O)C=Cc1ccccc1. The van der Waals surface area contributed by atoms with Crippen molar-refractivity contribution in [3.63, 3.8) is 0 Å². The van der Waals surface area contributed by atoms with Gasteiger partial charge < -0.3 is 4.74 Å². The van der Waals surface area contributed by atoms with Gasteiger partial charge in [-0.1, -0.05) is 50.6 Å². The number of hydrogen-bond acceptors (Lipinski definition) is 3. The zero-order valence-corrected chi connectivity index (χ0v) is 12.2. The van der Waals surface area contributed by atoms with Crippen molar-refractivity contribution in [1.29, 1.82) is 0 Å². The zero-order valence-electron chi connectivity index (χ0n) is 12.2. The van der Waals surface area contributed by atoms with Gasteiger partial charge in [-0.25, -0.2) is 4.79 Å². The molecule has 0 aliphatic carbocycles. The zero-order chi connectivity index (χ0) is 14.8. The van der Waals surface area contributed by atoms with E-state index in [1.807, 2.05) is 44.2 Å². The Kier molecular flexibility index (Phi) is 7.33. The van der Waals surface area contributed by atoms with Crippen LogP contribution in [-0.2, 0) is 14.3 Å². The van der Waals surface area contributed by atoms with Crippen LogP contribution in [0.25, 0.3) is 6.08 Å². The summed E-state index contributed by atoms with van der Waals surface area (Å²) in [6.07, 6.45) is 5.24. The highest BCUT2D eigenvalue weighted by atomic mass is 16.5. The van der Waals surface area contributed by atoms with Gasteiger partial charge >= 0.3 is 5.97 Å². The maximum absolute atomic E-state index is 11.8. The lowest BCUT2D eigenvalue weighted by atomic mass is 10.1. The Hall–Kier alpha value is -1.90. The third-order valence-corrected chi connectivity index (χ3v) is 2.98. The smallest absolute Gasteiger partial charge is 0.331 e. The van der Waals surface area contributed by atoms with Gasteiger partial charge in [0.05, 0.1) is 0 Å². The summed E-state index contributed by atoms with van der Waals surface area (Å²) in [6, 6.07) is 9.50. The number of ketones is 1. The second kappa shape index (κ2) is 9.08. The number of carbonyl (C=O) groups is 2. The molecule has 1 aromatic carbocycles. The van der Waals surface area contributed by atoms with E-state index in [2.05, 4.69) is 0 Å². The molecule has 0 radical (unpaired) electrons. The second-order valence-electron chi connectivity index (χ2n) is 4.65. The fourth-order valence-corrected chi connectivity index (χ4v) is 1.80. The number of unbranched alkanes of at least 4 members (excludes halogenated alkanes) is 1. The third kappa shape index (κ3) is 5.83. The molecule has 1 unspecified atom stereocenters. The van der Waals surface area contributed by atoms with E-state index in [9.17, 15) is 9.59 Å². The Balaban J connectivity index is 2.51. The van der Waals surface area contributed by atoms with Gasteiger partial charge in [-0.15, -0.1) is 0 Å². The first-order chi connectivity index (χ1) is 9.67. The molecule has 0 heterocycles. The van der Waals surface area contributed by atoms with E-state index in [0.717, 1.165) is 18.4 Å². The minimum absolute atomic E-state index is 0.0100. The molecule has 0 fully saturated rings. The summed E-state index contributed by atoms with van der Waals surface area (Å²) in [5.41, 5.74) is 0.926. The van der Waals surface area contributed by atoms with Crippen molar-refractivity contribution in [1.82, 2.24) is 0 Å². The highest BCUT2D eigenvalue weighted by Gasteiger charge is 2.18. The van der Waals surface area contributed by atoms with E-state index in [4.69, 9.17) is 4.74 Å². The molecule has 0 saturated heterocycles. The van der Waals surface area contributed by atoms with Gasteiger partial charge in [-0.3, -0.25) is 4.79 Å². The molecule has 0 aliphatic rings. The van der Waals surface area contributed by atoms with Gasteiger partial charge in [0.1, 0.15) is 0 Å². The predicted molar refractivity (Wildman–Crippen MR) is 80.2 cm³/mol. The van der Waals surface area contributed by atoms with E-state index in [-0.39, 0.29) is 5.78 Å². The normalized spacial score (nSPS) is 12.3. The van der Waals surface area contributed by atoms with Crippen LogP contribution in [0.5, 0.6) is 0 Å². The molecule has 20 heavy (non-hydrogen) atoms. The molecular weight excluding hydrogens is 252 g/mol. The van der Waals surface area contributed by atoms with Crippen molar-refractivity contribution in [3.05, 3.63) is 42.0 Å². The van der Waals surface area contributed by atoms with Crippen LogP contribution in [0.3, 0.4) is 0 Å². The summed E-state index contributed by atoms with van der Waals surface area (Å²) in [5, 5.41) is 0. The van der Waals surface area contributed by atoms with Gasteiger partial charge in [-0.2, -0.15) is 0 Å². The average molecular weight is 274 g/mol. The number of Topliss-reactive ketones (excluding diaryl/α,β-unsaturated/α-hetero) is 1. The summed E-state index contributed by atoms with van der Waals surface area (Å²) in [6.45, 7) is 3.88. The molecule has 3 nitrogen and oxygen atoms in total. The summed E-state index contributed by atoms with van der Waals surface area (Å²) in [5.74, 6) is -0.457. The molecule has 108 valence electrons. The monoisotopic (exact) mass is 274 g/mol. The molecule has 1 rings (SSSR count). The Morgan fingerprint density at radius 2 is 1.90 bits per heavy atom. The molecule has 0 spiro atoms. The van der Waals surface area contributed by atoms with Crippen molar-refractivity contribution in [2.45, 2.75) is 45.6 Å². The quantitative estimate of drug-likeness (QED) is 0.535. The fourth-order valence-electron chi connectivity index (χ4n) is 1.80. The fraction of sp³-hybridized carbons (Fsp3) is 0.412. The van der Waals surface area contributed by atoms with E-state index in [0.29, 0.717) is 12.8 Å². The van der Waals surface area contributed by atoms with Crippen LogP contribution < -0.4 is 0 Å². The third-order valence-electron chi connectivity index (χ3n) is 2.98. The molecular formula is C17H22O3. The lowest BCUT2D eigenvalue weighted by molar-refractivity contribution is -0.150. The predicted octanol–water partition coefficient (Wildman–Crippen LogP) is 3.78. The largest absolute Gasteiger partial charge is 0.451 e. The average Bonchev–Trinajstić information content (AvgIpc) is 2.49. The molecule has 0 aliphatic heterocycles. The maximum Gasteiger partial charge on any atom is 0.331 e. The van der Waals surface area contributed by atoms with Crippen LogP contribution in [0.1, 0.15) is 45.1 Å². The van der Waals surface area contributed by atoms with Gasteiger partial charge in [-0.05, 0) is 24.5 Å². The Morgan fingerprint density at radius 1 is 1.20 bits per heavy atom. The first-order valence-corrected chi connectivity index (χ1v) is 7.13. The van der Waals surface area contributed by atoms with Crippen LogP contribution in [0.2, 0.25) is 0 Å². The van der Waals surface area contributed by atoms with E-state index >= 15 is 0 Å². The van der Waals surface area contributed by atoms with E-state index in [1.54, 1.807) is 6.08 Å². The number of carbonyl (C=O) groups excluding carboxylic acids is 2. The molecule has 1 atom stereocenters. The van der Waals surface area contributed by atoms with Crippen LogP contribution in [0.4, 0.5) is 0 Å². The van der Waals surface area contributed by atoms with Gasteiger partial charge in [0, 0.05) is 12.5 Å². The minimum atomic E-state index is -0.616. The topological polar surface area (TPSA) is 43.4 Å². The summed E-state index contributed by atoms with van der Waals surface area (Å²) >= 11 is 0. The van der Waals surface area contributed by atoms with E-state index in [1.165, 1.54) is 6.08 Å². The molecule has 0 amide bonds. The van der Waals surface area contributed by atoms with Crippen molar-refractivity contribution < 1.29 is 14.3 Å². The molecule has 0 N–H and O–H groups in total. The molecule has 3 heteroatoms. The van der Waals surface area contributed by atoms with Crippen molar-refractivity contribution in [2.75, 3.05) is 0 Å². The van der Waals surface area contributed by atoms with Crippen LogP contribution in [0.15, 0.2) is 36.4 Å². The molecule has 0 saturated carbocycles. The first kappa shape index (κ1) is 16.2. The van der Waals surface area contributed by atoms with Gasteiger partial charge in [0.25, 0.3) is 0 Å². The van der Waals surface area contributed by atoms with Crippen LogP contribution in [0, 0.1) is 0 Å². The van der Waals surface area contributed by atoms with Gasteiger partial charge in [0.2, 0.25) is 0 Å². The molecule has 0 aromatic heterocycles. The number of benzene rings is 1. The standard InChI is InChI=1S/C17H22O3/c1-3-5-11-15(18)16(4-2)20-17(19)13-12-14-9-7-6-8-10-14/h6-10,12-13,16H,3-5,11H2,1-2H3. The summed E-state index contributed by atoms with van der Waals surface area (Å²) in [4.78, 5) is 23.5. The maximum atomic E-state index is 11.8. The summed E-state index contributed by atoms with van der Waals surface area (Å²) in [7, 11) is 0. The number of ether oxygens (including phenoxy) is 1. The highest BCUT2D eigenvalue weighted by Crippen LogP contribution is 2.08. The minimum Gasteiger partial charge on any atom is -0.451 e. The van der Waals surface area contributed by atoms with Crippen molar-refractivity contribution >= 4 is 17.8 Å². The first-order valence-electron chi connectivity index (χ1n) is 7.13. The van der Waals surface area contributed by atoms with Crippen LogP contribution >= 0.6 is 0 Å². The number of esters is 1. The number of hydrogen-bond donors (Lipinski definition) is 0. The molecule has 1 aromatic rings. The Morgan fingerprint density at radius 3 is 2.50 bits per heavy atom. The second-order valence-corrected chi connectivity index (χ2v) is 4.65. The lowest BCUT2D eigenvalue weighted by Gasteiger charge is -2.13.